The number of ether oxygens (including phenoxy) is 1. The molecular weight excluding hydrogens is 544 g/mol. The molecule has 44 heavy (non-hydrogen) atoms. The maximum Gasteiger partial charge on any atom is 0.306 e. The lowest BCUT2D eigenvalue weighted by Gasteiger charge is -2.15. The predicted molar refractivity (Wildman–Crippen MR) is 190 cm³/mol. The van der Waals surface area contributed by atoms with Gasteiger partial charge in [0.05, 0.1) is 0 Å². The molecule has 260 valence electrons. The predicted octanol–water partition coefficient (Wildman–Crippen LogP) is 13.5. The Morgan fingerprint density at radius 1 is 0.500 bits per heavy atom. The normalized spacial score (nSPS) is 12.2. The molecule has 0 fully saturated rings. The Kier molecular flexibility index (Phi) is 35.1. The minimum Gasteiger partial charge on any atom is -0.481 e. The molecule has 1 unspecified atom stereocenters. The summed E-state index contributed by atoms with van der Waals surface area (Å²) in [4.78, 5) is 23.3. The van der Waals surface area contributed by atoms with E-state index in [1.54, 1.807) is 0 Å². The molecule has 0 aromatic rings. The van der Waals surface area contributed by atoms with Crippen LogP contribution in [0.4, 0.5) is 0 Å². The van der Waals surface area contributed by atoms with Crippen molar-refractivity contribution in [2.24, 2.45) is 0 Å². The van der Waals surface area contributed by atoms with E-state index in [1.807, 2.05) is 0 Å². The summed E-state index contributed by atoms with van der Waals surface area (Å²) < 4.78 is 5.93. The molecule has 0 aliphatic heterocycles. The first-order chi connectivity index (χ1) is 21.6. The largest absolute Gasteiger partial charge is 0.481 e. The molecule has 0 aliphatic carbocycles. The highest BCUT2D eigenvalue weighted by molar-refractivity contribution is 5.69. The van der Waals surface area contributed by atoms with E-state index in [0.29, 0.717) is 6.42 Å². The van der Waals surface area contributed by atoms with Crippen molar-refractivity contribution in [1.29, 1.82) is 0 Å². The summed E-state index contributed by atoms with van der Waals surface area (Å²) in [6.07, 6.45) is 43.9. The van der Waals surface area contributed by atoms with Crippen LogP contribution in [-0.2, 0) is 14.3 Å². The zero-order valence-corrected chi connectivity index (χ0v) is 29.7. The van der Waals surface area contributed by atoms with Crippen LogP contribution in [-0.4, -0.2) is 23.1 Å². The van der Waals surface area contributed by atoms with Crippen LogP contribution in [0, 0.1) is 0 Å². The van der Waals surface area contributed by atoms with Crippen LogP contribution in [0.1, 0.15) is 226 Å². The summed E-state index contributed by atoms with van der Waals surface area (Å²) in [6.45, 7) is 4.55. The highest BCUT2D eigenvalue weighted by atomic mass is 16.5. The maximum absolute atomic E-state index is 12.6. The Morgan fingerprint density at radius 3 is 1.30 bits per heavy atom. The minimum atomic E-state index is -0.697. The standard InChI is InChI=1S/C40H76O4/c1-3-5-7-9-11-13-14-15-16-17-18-19-21-23-29-33-37-40(43)44-38(34-30-26-22-20-12-10-8-6-4-2)35-31-27-24-25-28-32-36-39(41)42/h30,34,38H,3-29,31-33,35-37H2,1-2H3,(H,41,42)/b34-30-. The number of carbonyl (C=O) groups excluding carboxylic acids is 1. The summed E-state index contributed by atoms with van der Waals surface area (Å²) in [5.74, 6) is -0.730. The van der Waals surface area contributed by atoms with Crippen LogP contribution in [0.5, 0.6) is 0 Å². The van der Waals surface area contributed by atoms with E-state index in [4.69, 9.17) is 9.84 Å². The van der Waals surface area contributed by atoms with Gasteiger partial charge in [-0.15, -0.1) is 0 Å². The van der Waals surface area contributed by atoms with Gasteiger partial charge in [0.25, 0.3) is 0 Å². The molecule has 0 radical (unpaired) electrons. The zero-order valence-electron chi connectivity index (χ0n) is 29.7. The van der Waals surface area contributed by atoms with Crippen molar-refractivity contribution in [2.45, 2.75) is 232 Å². The molecule has 0 heterocycles. The first kappa shape index (κ1) is 42.7. The number of hydrogen-bond acceptors (Lipinski definition) is 3. The number of carboxylic acids is 1. The van der Waals surface area contributed by atoms with Gasteiger partial charge in [-0.1, -0.05) is 180 Å². The summed E-state index contributed by atoms with van der Waals surface area (Å²) in [6, 6.07) is 0. The van der Waals surface area contributed by atoms with E-state index >= 15 is 0 Å². The first-order valence-corrected chi connectivity index (χ1v) is 19.7. The summed E-state index contributed by atoms with van der Waals surface area (Å²) in [5.41, 5.74) is 0. The molecular formula is C40H76O4. The van der Waals surface area contributed by atoms with Crippen LogP contribution in [0.15, 0.2) is 12.2 Å². The van der Waals surface area contributed by atoms with Gasteiger partial charge in [0, 0.05) is 12.8 Å². The molecule has 0 saturated carbocycles. The molecule has 0 aromatic carbocycles. The van der Waals surface area contributed by atoms with Gasteiger partial charge in [-0.05, 0) is 44.6 Å². The molecule has 0 amide bonds. The van der Waals surface area contributed by atoms with Gasteiger partial charge < -0.3 is 9.84 Å². The first-order valence-electron chi connectivity index (χ1n) is 19.7. The van der Waals surface area contributed by atoms with Crippen molar-refractivity contribution in [2.75, 3.05) is 0 Å². The summed E-state index contributed by atoms with van der Waals surface area (Å²) in [7, 11) is 0. The fourth-order valence-electron chi connectivity index (χ4n) is 6.04. The second-order valence-corrected chi connectivity index (χ2v) is 13.5. The molecule has 0 bridgehead atoms. The second-order valence-electron chi connectivity index (χ2n) is 13.5. The van der Waals surface area contributed by atoms with Gasteiger partial charge in [-0.3, -0.25) is 9.59 Å². The number of esters is 1. The molecule has 0 aromatic heterocycles. The van der Waals surface area contributed by atoms with Crippen LogP contribution >= 0.6 is 0 Å². The van der Waals surface area contributed by atoms with Gasteiger partial charge in [0.15, 0.2) is 0 Å². The van der Waals surface area contributed by atoms with Crippen molar-refractivity contribution in [1.82, 2.24) is 0 Å². The quantitative estimate of drug-likeness (QED) is 0.0430. The molecule has 0 spiro atoms. The fraction of sp³-hybridized carbons (Fsp3) is 0.900. The highest BCUT2D eigenvalue weighted by Crippen LogP contribution is 2.17. The van der Waals surface area contributed by atoms with Gasteiger partial charge in [0.1, 0.15) is 6.10 Å². The van der Waals surface area contributed by atoms with Crippen LogP contribution < -0.4 is 0 Å². The Labute approximate surface area is 275 Å². The van der Waals surface area contributed by atoms with Crippen LogP contribution in [0.3, 0.4) is 0 Å². The third-order valence-electron chi connectivity index (χ3n) is 8.97. The third-order valence-corrected chi connectivity index (χ3v) is 8.97. The van der Waals surface area contributed by atoms with E-state index in [1.165, 1.54) is 135 Å². The van der Waals surface area contributed by atoms with Gasteiger partial charge in [0.2, 0.25) is 0 Å². The monoisotopic (exact) mass is 621 g/mol. The topological polar surface area (TPSA) is 63.6 Å². The Balaban J connectivity index is 4.00. The van der Waals surface area contributed by atoms with Crippen molar-refractivity contribution >= 4 is 11.9 Å². The van der Waals surface area contributed by atoms with E-state index < -0.39 is 5.97 Å². The van der Waals surface area contributed by atoms with Gasteiger partial charge in [-0.25, -0.2) is 0 Å². The van der Waals surface area contributed by atoms with Crippen molar-refractivity contribution in [3.05, 3.63) is 12.2 Å². The Bertz CT molecular complexity index is 629. The van der Waals surface area contributed by atoms with Crippen molar-refractivity contribution in [3.8, 4) is 0 Å². The number of aliphatic carboxylic acids is 1. The van der Waals surface area contributed by atoms with Gasteiger partial charge in [-0.2, -0.15) is 0 Å². The lowest BCUT2D eigenvalue weighted by Crippen LogP contribution is -2.16. The molecule has 0 rings (SSSR count). The van der Waals surface area contributed by atoms with E-state index in [2.05, 4.69) is 26.0 Å². The fourth-order valence-corrected chi connectivity index (χ4v) is 6.04. The average Bonchev–Trinajstić information content (AvgIpc) is 3.01. The number of hydrogen-bond donors (Lipinski definition) is 1. The molecule has 0 aliphatic rings. The minimum absolute atomic E-state index is 0.0328. The van der Waals surface area contributed by atoms with Crippen molar-refractivity contribution in [3.63, 3.8) is 0 Å². The lowest BCUT2D eigenvalue weighted by molar-refractivity contribution is -0.147. The molecule has 4 nitrogen and oxygen atoms in total. The number of carboxylic acid groups (broad SMARTS) is 1. The number of carbonyl (C=O) groups is 2. The van der Waals surface area contributed by atoms with E-state index in [9.17, 15) is 9.59 Å². The SMILES string of the molecule is CCCCCCCCC/C=C\C(CCCCCCCCC(=O)O)OC(=O)CCCCCCCCCCCCCCCCCC. The molecule has 1 atom stereocenters. The average molecular weight is 621 g/mol. The Hall–Kier alpha value is -1.32. The van der Waals surface area contributed by atoms with E-state index in [0.717, 1.165) is 64.2 Å². The van der Waals surface area contributed by atoms with Crippen molar-refractivity contribution < 1.29 is 19.4 Å². The molecule has 1 N–H and O–H groups in total. The van der Waals surface area contributed by atoms with Gasteiger partial charge >= 0.3 is 11.9 Å². The number of rotatable bonds is 36. The smallest absolute Gasteiger partial charge is 0.306 e. The Morgan fingerprint density at radius 2 is 0.864 bits per heavy atom. The molecule has 0 saturated heterocycles. The highest BCUT2D eigenvalue weighted by Gasteiger charge is 2.11. The number of unbranched alkanes of at least 4 members (excludes halogenated alkanes) is 27. The molecule has 4 heteroatoms. The summed E-state index contributed by atoms with van der Waals surface area (Å²) in [5, 5.41) is 8.77. The lowest BCUT2D eigenvalue weighted by atomic mass is 10.0. The maximum atomic E-state index is 12.6. The summed E-state index contributed by atoms with van der Waals surface area (Å²) >= 11 is 0. The number of allylic oxidation sites excluding steroid dienone is 1. The second kappa shape index (κ2) is 36.2. The van der Waals surface area contributed by atoms with Crippen LogP contribution in [0.25, 0.3) is 0 Å². The zero-order chi connectivity index (χ0) is 32.2. The van der Waals surface area contributed by atoms with E-state index in [-0.39, 0.29) is 18.5 Å². The third kappa shape index (κ3) is 35.2. The van der Waals surface area contributed by atoms with Crippen LogP contribution in [0.2, 0.25) is 0 Å².